The van der Waals surface area contributed by atoms with E-state index in [4.69, 9.17) is 0 Å². The van der Waals surface area contributed by atoms with Crippen LogP contribution in [0.1, 0.15) is 33.1 Å². The van der Waals surface area contributed by atoms with Crippen LogP contribution in [0.3, 0.4) is 0 Å². The normalized spacial score (nSPS) is 34.6. The van der Waals surface area contributed by atoms with E-state index in [-0.39, 0.29) is 0 Å². The third-order valence-electron chi connectivity index (χ3n) is 3.74. The van der Waals surface area contributed by atoms with Gasteiger partial charge in [0.2, 0.25) is 0 Å². The lowest BCUT2D eigenvalue weighted by molar-refractivity contribution is -0.528. The van der Waals surface area contributed by atoms with Gasteiger partial charge in [-0.2, -0.15) is 0 Å². The molecule has 0 aliphatic carbocycles. The predicted molar refractivity (Wildman–Crippen MR) is 60.1 cm³/mol. The SMILES string of the molecule is C=[N+]1CC2CCCC(C1)N(C(C)C)C2. The first-order valence-corrected chi connectivity index (χ1v) is 5.98. The number of hydrogen-bond acceptors (Lipinski definition) is 1. The summed E-state index contributed by atoms with van der Waals surface area (Å²) in [5, 5.41) is 0. The quantitative estimate of drug-likeness (QED) is 0.576. The summed E-state index contributed by atoms with van der Waals surface area (Å²) in [6.07, 6.45) is 4.21. The van der Waals surface area contributed by atoms with Gasteiger partial charge in [0.05, 0.1) is 6.04 Å². The van der Waals surface area contributed by atoms with Crippen LogP contribution in [0.5, 0.6) is 0 Å². The topological polar surface area (TPSA) is 6.25 Å². The van der Waals surface area contributed by atoms with Crippen LogP contribution in [0.2, 0.25) is 0 Å². The Morgan fingerprint density at radius 1 is 1.29 bits per heavy atom. The predicted octanol–water partition coefficient (Wildman–Crippen LogP) is 1.59. The zero-order valence-electron chi connectivity index (χ0n) is 9.58. The minimum absolute atomic E-state index is 0.701. The molecule has 0 aromatic heterocycles. The Kier molecular flexibility index (Phi) is 2.91. The molecule has 2 fully saturated rings. The zero-order valence-corrected chi connectivity index (χ0v) is 9.58. The molecule has 2 aliphatic rings. The summed E-state index contributed by atoms with van der Waals surface area (Å²) in [5.41, 5.74) is 0. The maximum absolute atomic E-state index is 4.14. The van der Waals surface area contributed by atoms with Crippen molar-refractivity contribution in [2.75, 3.05) is 19.6 Å². The van der Waals surface area contributed by atoms with Crippen molar-refractivity contribution < 1.29 is 4.58 Å². The van der Waals surface area contributed by atoms with Crippen LogP contribution in [0.15, 0.2) is 0 Å². The van der Waals surface area contributed by atoms with Crippen molar-refractivity contribution in [3.63, 3.8) is 0 Å². The fourth-order valence-corrected chi connectivity index (χ4v) is 3.06. The zero-order chi connectivity index (χ0) is 10.1. The molecule has 2 heteroatoms. The summed E-state index contributed by atoms with van der Waals surface area (Å²) in [7, 11) is 0. The first-order valence-electron chi connectivity index (χ1n) is 5.98. The molecule has 0 spiro atoms. The van der Waals surface area contributed by atoms with Crippen LogP contribution in [0.25, 0.3) is 0 Å². The lowest BCUT2D eigenvalue weighted by Gasteiger charge is -2.30. The van der Waals surface area contributed by atoms with Gasteiger partial charge in [0.1, 0.15) is 13.3 Å². The number of nitrogens with zero attached hydrogens (tertiary/aromatic N) is 2. The third-order valence-corrected chi connectivity index (χ3v) is 3.74. The second kappa shape index (κ2) is 4.01. The highest BCUT2D eigenvalue weighted by molar-refractivity contribution is 5.14. The lowest BCUT2D eigenvalue weighted by atomic mass is 10.0. The minimum atomic E-state index is 0.701. The average Bonchev–Trinajstić information content (AvgIpc) is 2.33. The second-order valence-corrected chi connectivity index (χ2v) is 5.28. The first-order chi connectivity index (χ1) is 6.66. The van der Waals surface area contributed by atoms with Crippen molar-refractivity contribution in [2.24, 2.45) is 5.92 Å². The van der Waals surface area contributed by atoms with Crippen LogP contribution >= 0.6 is 0 Å². The molecule has 2 heterocycles. The van der Waals surface area contributed by atoms with Crippen LogP contribution in [-0.4, -0.2) is 47.9 Å². The molecule has 0 saturated carbocycles. The number of hydrogen-bond donors (Lipinski definition) is 0. The van der Waals surface area contributed by atoms with Crippen LogP contribution in [0, 0.1) is 5.92 Å². The smallest absolute Gasteiger partial charge is 0.157 e. The standard InChI is InChI=1S/C12H23N2/c1-10(2)14-8-11-5-4-6-12(14)9-13(3)7-11/h10-12H,3-9H2,1-2H3/q+1. The molecular formula is C12H23N2+. The molecule has 14 heavy (non-hydrogen) atoms. The number of rotatable bonds is 1. The van der Waals surface area contributed by atoms with Gasteiger partial charge in [-0.05, 0) is 26.7 Å². The summed E-state index contributed by atoms with van der Waals surface area (Å²) in [4.78, 5) is 2.70. The van der Waals surface area contributed by atoms with Gasteiger partial charge in [-0.15, -0.1) is 0 Å². The van der Waals surface area contributed by atoms with E-state index in [1.807, 2.05) is 0 Å². The highest BCUT2D eigenvalue weighted by Gasteiger charge is 2.35. The Hall–Kier alpha value is -0.370. The lowest BCUT2D eigenvalue weighted by Crippen LogP contribution is -2.42. The maximum Gasteiger partial charge on any atom is 0.157 e. The van der Waals surface area contributed by atoms with Crippen molar-refractivity contribution in [3.05, 3.63) is 0 Å². The molecule has 80 valence electrons. The van der Waals surface area contributed by atoms with Crippen molar-refractivity contribution >= 4 is 6.72 Å². The fourth-order valence-electron chi connectivity index (χ4n) is 3.06. The Labute approximate surface area is 87.6 Å². The van der Waals surface area contributed by atoms with Crippen LogP contribution in [0.4, 0.5) is 0 Å². The van der Waals surface area contributed by atoms with Crippen LogP contribution < -0.4 is 0 Å². The van der Waals surface area contributed by atoms with Crippen molar-refractivity contribution in [1.82, 2.24) is 4.90 Å². The van der Waals surface area contributed by atoms with Gasteiger partial charge in [0.25, 0.3) is 0 Å². The van der Waals surface area contributed by atoms with E-state index in [0.29, 0.717) is 6.04 Å². The second-order valence-electron chi connectivity index (χ2n) is 5.28. The van der Waals surface area contributed by atoms with E-state index in [9.17, 15) is 0 Å². The molecule has 0 aromatic carbocycles. The van der Waals surface area contributed by atoms with Gasteiger partial charge in [-0.1, -0.05) is 6.42 Å². The summed E-state index contributed by atoms with van der Waals surface area (Å²) in [6, 6.07) is 1.46. The molecule has 2 rings (SSSR count). The van der Waals surface area contributed by atoms with Crippen LogP contribution in [-0.2, 0) is 0 Å². The minimum Gasteiger partial charge on any atom is -0.292 e. The summed E-state index contributed by atoms with van der Waals surface area (Å²) in [5.74, 6) is 0.863. The fraction of sp³-hybridized carbons (Fsp3) is 0.917. The van der Waals surface area contributed by atoms with E-state index < -0.39 is 0 Å². The van der Waals surface area contributed by atoms with Crippen molar-refractivity contribution in [1.29, 1.82) is 0 Å². The van der Waals surface area contributed by atoms with Gasteiger partial charge < -0.3 is 0 Å². The molecule has 2 atom stereocenters. The summed E-state index contributed by atoms with van der Waals surface area (Å²) < 4.78 is 2.29. The van der Waals surface area contributed by atoms with Crippen molar-refractivity contribution in [2.45, 2.75) is 45.2 Å². The van der Waals surface area contributed by atoms with Gasteiger partial charge >= 0.3 is 0 Å². The Bertz CT molecular complexity index is 222. The molecular weight excluding hydrogens is 172 g/mol. The largest absolute Gasteiger partial charge is 0.292 e. The van der Waals surface area contributed by atoms with Gasteiger partial charge in [0.15, 0.2) is 6.54 Å². The Morgan fingerprint density at radius 3 is 2.79 bits per heavy atom. The molecule has 2 aliphatic heterocycles. The Balaban J connectivity index is 2.17. The van der Waals surface area contributed by atoms with E-state index in [2.05, 4.69) is 30.0 Å². The molecule has 2 nitrogen and oxygen atoms in total. The van der Waals surface area contributed by atoms with Gasteiger partial charge in [-0.25, -0.2) is 4.58 Å². The highest BCUT2D eigenvalue weighted by Crippen LogP contribution is 2.26. The van der Waals surface area contributed by atoms with Gasteiger partial charge in [-0.3, -0.25) is 4.90 Å². The molecule has 2 saturated heterocycles. The number of fused-ring (bicyclic) bond motifs is 3. The Morgan fingerprint density at radius 2 is 2.07 bits per heavy atom. The van der Waals surface area contributed by atoms with Crippen molar-refractivity contribution in [3.8, 4) is 0 Å². The summed E-state index contributed by atoms with van der Waals surface area (Å²) in [6.45, 7) is 12.5. The maximum atomic E-state index is 4.14. The molecule has 0 radical (unpaired) electrons. The molecule has 0 N–H and O–H groups in total. The van der Waals surface area contributed by atoms with E-state index >= 15 is 0 Å². The molecule has 0 amide bonds. The first kappa shape index (κ1) is 10.2. The van der Waals surface area contributed by atoms with E-state index in [0.717, 1.165) is 12.0 Å². The third kappa shape index (κ3) is 2.00. The molecule has 2 bridgehead atoms. The van der Waals surface area contributed by atoms with E-state index in [1.54, 1.807) is 0 Å². The monoisotopic (exact) mass is 195 g/mol. The molecule has 0 aromatic rings. The summed E-state index contributed by atoms with van der Waals surface area (Å²) >= 11 is 0. The van der Waals surface area contributed by atoms with E-state index in [1.165, 1.54) is 38.9 Å². The average molecular weight is 195 g/mol. The molecule has 2 unspecified atom stereocenters. The van der Waals surface area contributed by atoms with Gasteiger partial charge in [0, 0.05) is 18.5 Å². The highest BCUT2D eigenvalue weighted by atomic mass is 15.2.